The number of hydrogen-bond donors (Lipinski definition) is 1. The van der Waals surface area contributed by atoms with Crippen molar-refractivity contribution in [3.05, 3.63) is 77.9 Å². The zero-order valence-corrected chi connectivity index (χ0v) is 22.1. The van der Waals surface area contributed by atoms with Crippen molar-refractivity contribution in [1.82, 2.24) is 0 Å². The third kappa shape index (κ3) is 3.86. The predicted molar refractivity (Wildman–Crippen MR) is 148 cm³/mol. The molecule has 0 radical (unpaired) electrons. The molecule has 0 aromatic heterocycles. The van der Waals surface area contributed by atoms with Crippen LogP contribution in [0.5, 0.6) is 17.2 Å². The molecule has 4 aromatic carbocycles. The van der Waals surface area contributed by atoms with Crippen LogP contribution < -0.4 is 9.47 Å². The van der Waals surface area contributed by atoms with Crippen molar-refractivity contribution in [3.63, 3.8) is 0 Å². The average molecular weight is 495 g/mol. The van der Waals surface area contributed by atoms with Gasteiger partial charge < -0.3 is 19.3 Å². The van der Waals surface area contributed by atoms with Crippen LogP contribution in [0.1, 0.15) is 58.1 Å². The van der Waals surface area contributed by atoms with E-state index in [0.29, 0.717) is 18.1 Å². The Morgan fingerprint density at radius 2 is 1.49 bits per heavy atom. The zero-order valence-electron chi connectivity index (χ0n) is 22.1. The molecule has 0 bridgehead atoms. The maximum absolute atomic E-state index is 11.5. The van der Waals surface area contributed by atoms with Crippen molar-refractivity contribution in [3.8, 4) is 39.5 Å². The molecule has 4 aromatic rings. The van der Waals surface area contributed by atoms with Crippen molar-refractivity contribution in [1.29, 1.82) is 0 Å². The van der Waals surface area contributed by atoms with Gasteiger partial charge >= 0.3 is 0 Å². The topological polar surface area (TPSA) is 47.9 Å². The SMILES string of the molecule is CCCCC1(OCC(C)(C)C)c2ccccc2-c2ccccc2-c2c1cc(O)c1cc3c(cc21)OCO3. The highest BCUT2D eigenvalue weighted by Gasteiger charge is 2.43. The number of ether oxygens (including phenoxy) is 3. The molecule has 1 atom stereocenters. The third-order valence-electron chi connectivity index (χ3n) is 7.53. The number of benzene rings is 4. The lowest BCUT2D eigenvalue weighted by Crippen LogP contribution is -2.35. The molecule has 1 heterocycles. The molecule has 1 aliphatic heterocycles. The molecule has 0 amide bonds. The molecule has 0 saturated carbocycles. The number of phenols is 1. The van der Waals surface area contributed by atoms with Crippen LogP contribution in [-0.2, 0) is 10.3 Å². The van der Waals surface area contributed by atoms with Gasteiger partial charge in [0, 0.05) is 10.9 Å². The van der Waals surface area contributed by atoms with E-state index in [1.165, 1.54) is 11.1 Å². The van der Waals surface area contributed by atoms with E-state index in [1.54, 1.807) is 0 Å². The van der Waals surface area contributed by atoms with Crippen LogP contribution in [-0.4, -0.2) is 18.5 Å². The van der Waals surface area contributed by atoms with Gasteiger partial charge in [0.2, 0.25) is 6.79 Å². The summed E-state index contributed by atoms with van der Waals surface area (Å²) < 4.78 is 18.6. The second kappa shape index (κ2) is 8.81. The first kappa shape index (κ1) is 23.9. The van der Waals surface area contributed by atoms with Crippen molar-refractivity contribution < 1.29 is 19.3 Å². The quantitative estimate of drug-likeness (QED) is 0.302. The summed E-state index contributed by atoms with van der Waals surface area (Å²) in [6.07, 6.45) is 2.85. The van der Waals surface area contributed by atoms with Gasteiger partial charge in [-0.25, -0.2) is 0 Å². The molecular formula is C33H34O4. The number of fused-ring (bicyclic) bond motifs is 8. The molecule has 1 aliphatic carbocycles. The summed E-state index contributed by atoms with van der Waals surface area (Å²) in [4.78, 5) is 0. The molecule has 190 valence electrons. The fraction of sp³-hybridized carbons (Fsp3) is 0.333. The number of phenolic OH excluding ortho intramolecular Hbond substituents is 1. The molecule has 0 saturated heterocycles. The predicted octanol–water partition coefficient (Wildman–Crippen LogP) is 8.42. The van der Waals surface area contributed by atoms with Crippen molar-refractivity contribution in [2.24, 2.45) is 5.41 Å². The maximum atomic E-state index is 11.5. The second-order valence-corrected chi connectivity index (χ2v) is 11.4. The summed E-state index contributed by atoms with van der Waals surface area (Å²) in [6, 6.07) is 23.1. The fourth-order valence-corrected chi connectivity index (χ4v) is 5.81. The largest absolute Gasteiger partial charge is 0.507 e. The normalized spacial score (nSPS) is 17.7. The zero-order chi connectivity index (χ0) is 25.8. The Morgan fingerprint density at radius 1 is 0.838 bits per heavy atom. The standard InChI is InChI=1S/C33H34O4/c1-5-6-15-33(37-19-32(2,3)4)26-14-10-9-12-22(26)21-11-7-8-13-23(21)31-25-17-30-29(35-20-36-30)16-24(25)28(34)18-27(31)33/h7-14,16-18,34H,5-6,15,19-20H2,1-4H3. The van der Waals surface area contributed by atoms with Crippen LogP contribution in [0.25, 0.3) is 33.0 Å². The minimum absolute atomic E-state index is 0.0294. The Labute approximate surface area is 218 Å². The van der Waals surface area contributed by atoms with Gasteiger partial charge in [-0.15, -0.1) is 0 Å². The van der Waals surface area contributed by atoms with E-state index in [0.717, 1.165) is 52.3 Å². The van der Waals surface area contributed by atoms with E-state index >= 15 is 0 Å². The number of hydrogen-bond acceptors (Lipinski definition) is 4. The van der Waals surface area contributed by atoms with Gasteiger partial charge in [-0.2, -0.15) is 0 Å². The molecule has 0 fully saturated rings. The molecular weight excluding hydrogens is 460 g/mol. The fourth-order valence-electron chi connectivity index (χ4n) is 5.81. The van der Waals surface area contributed by atoms with E-state index in [-0.39, 0.29) is 18.0 Å². The average Bonchev–Trinajstić information content (AvgIpc) is 3.32. The highest BCUT2D eigenvalue weighted by Crippen LogP contribution is 2.56. The number of unbranched alkanes of at least 4 members (excludes halogenated alkanes) is 1. The Balaban J connectivity index is 1.77. The number of rotatable bonds is 5. The Bertz CT molecular complexity index is 1500. The molecule has 4 heteroatoms. The summed E-state index contributed by atoms with van der Waals surface area (Å²) in [5, 5.41) is 13.2. The lowest BCUT2D eigenvalue weighted by molar-refractivity contribution is -0.0573. The van der Waals surface area contributed by atoms with Crippen LogP contribution in [0.3, 0.4) is 0 Å². The summed E-state index contributed by atoms with van der Waals surface area (Å²) in [6.45, 7) is 9.60. The summed E-state index contributed by atoms with van der Waals surface area (Å²) in [5.74, 6) is 1.59. The first-order chi connectivity index (χ1) is 17.8. The molecule has 4 nitrogen and oxygen atoms in total. The van der Waals surface area contributed by atoms with Crippen LogP contribution >= 0.6 is 0 Å². The monoisotopic (exact) mass is 494 g/mol. The Hall–Kier alpha value is -3.50. The molecule has 6 rings (SSSR count). The van der Waals surface area contributed by atoms with Gasteiger partial charge in [0.05, 0.1) is 6.61 Å². The minimum atomic E-state index is -0.726. The lowest BCUT2D eigenvalue weighted by Gasteiger charge is -2.39. The van der Waals surface area contributed by atoms with E-state index in [4.69, 9.17) is 14.2 Å². The van der Waals surface area contributed by atoms with Crippen molar-refractivity contribution in [2.45, 2.75) is 52.6 Å². The highest BCUT2D eigenvalue weighted by atomic mass is 16.7. The summed E-state index contributed by atoms with van der Waals surface area (Å²) in [7, 11) is 0. The van der Waals surface area contributed by atoms with Gasteiger partial charge in [0.25, 0.3) is 0 Å². The first-order valence-corrected chi connectivity index (χ1v) is 13.3. The molecule has 1 N–H and O–H groups in total. The molecule has 37 heavy (non-hydrogen) atoms. The van der Waals surface area contributed by atoms with Crippen LogP contribution in [0, 0.1) is 5.41 Å². The van der Waals surface area contributed by atoms with Crippen molar-refractivity contribution in [2.75, 3.05) is 13.4 Å². The summed E-state index contributed by atoms with van der Waals surface area (Å²) >= 11 is 0. The van der Waals surface area contributed by atoms with Gasteiger partial charge in [0.1, 0.15) is 11.4 Å². The van der Waals surface area contributed by atoms with Gasteiger partial charge in [-0.1, -0.05) is 89.1 Å². The van der Waals surface area contributed by atoms with Crippen LogP contribution in [0.15, 0.2) is 66.7 Å². The van der Waals surface area contributed by atoms with Crippen molar-refractivity contribution >= 4 is 10.8 Å². The van der Waals surface area contributed by atoms with E-state index in [9.17, 15) is 5.11 Å². The van der Waals surface area contributed by atoms with Gasteiger partial charge in [-0.05, 0) is 63.2 Å². The smallest absolute Gasteiger partial charge is 0.231 e. The van der Waals surface area contributed by atoms with Gasteiger partial charge in [0.15, 0.2) is 11.5 Å². The van der Waals surface area contributed by atoms with E-state index < -0.39 is 5.60 Å². The first-order valence-electron chi connectivity index (χ1n) is 13.3. The maximum Gasteiger partial charge on any atom is 0.231 e. The molecule has 1 unspecified atom stereocenters. The van der Waals surface area contributed by atoms with Crippen LogP contribution in [0.2, 0.25) is 0 Å². The Morgan fingerprint density at radius 3 is 2.19 bits per heavy atom. The van der Waals surface area contributed by atoms with Crippen LogP contribution in [0.4, 0.5) is 0 Å². The third-order valence-corrected chi connectivity index (χ3v) is 7.53. The minimum Gasteiger partial charge on any atom is -0.507 e. The van der Waals surface area contributed by atoms with Gasteiger partial charge in [-0.3, -0.25) is 0 Å². The molecule has 2 aliphatic rings. The number of aromatic hydroxyl groups is 1. The Kier molecular flexibility index (Phi) is 5.68. The highest BCUT2D eigenvalue weighted by molar-refractivity contribution is 6.07. The lowest BCUT2D eigenvalue weighted by atomic mass is 9.77. The van der Waals surface area contributed by atoms with E-state index in [1.807, 2.05) is 18.2 Å². The second-order valence-electron chi connectivity index (χ2n) is 11.4. The van der Waals surface area contributed by atoms with E-state index in [2.05, 4.69) is 76.2 Å². The summed E-state index contributed by atoms with van der Waals surface area (Å²) in [5.41, 5.74) is 5.96. The molecule has 0 spiro atoms.